The van der Waals surface area contributed by atoms with Gasteiger partial charge in [-0.2, -0.15) is 0 Å². The van der Waals surface area contributed by atoms with Gasteiger partial charge in [0.1, 0.15) is 12.4 Å². The number of carbonyl (C=O) groups is 2. The zero-order chi connectivity index (χ0) is 23.1. The number of hydrogen-bond donors (Lipinski definition) is 0. The molecule has 32 heavy (non-hydrogen) atoms. The molecule has 1 saturated heterocycles. The second kappa shape index (κ2) is 11.6. The van der Waals surface area contributed by atoms with Gasteiger partial charge in [-0.15, -0.1) is 0 Å². The lowest BCUT2D eigenvalue weighted by Gasteiger charge is -2.14. The highest BCUT2D eigenvalue weighted by atomic mass is 79.9. The number of para-hydroxylation sites is 1. The Labute approximate surface area is 205 Å². The molecule has 0 aliphatic carbocycles. The van der Waals surface area contributed by atoms with Crippen LogP contribution in [0.4, 0.5) is 4.79 Å². The summed E-state index contributed by atoms with van der Waals surface area (Å²) >= 11 is 10.5. The summed E-state index contributed by atoms with van der Waals surface area (Å²) in [5.74, 6) is 1.35. The fourth-order valence-electron chi connectivity index (χ4n) is 2.93. The smallest absolute Gasteiger partial charge is 0.293 e. The van der Waals surface area contributed by atoms with Gasteiger partial charge in [-0.25, -0.2) is 0 Å². The van der Waals surface area contributed by atoms with Crippen LogP contribution in [0.15, 0.2) is 45.8 Å². The van der Waals surface area contributed by atoms with Crippen molar-refractivity contribution in [2.45, 2.75) is 20.3 Å². The van der Waals surface area contributed by atoms with E-state index in [1.807, 2.05) is 19.9 Å². The molecule has 2 aromatic carbocycles. The van der Waals surface area contributed by atoms with Gasteiger partial charge < -0.3 is 14.2 Å². The average Bonchev–Trinajstić information content (AvgIpc) is 3.02. The van der Waals surface area contributed by atoms with E-state index >= 15 is 0 Å². The second-order valence-electron chi connectivity index (χ2n) is 6.72. The van der Waals surface area contributed by atoms with Crippen LogP contribution in [0.1, 0.15) is 25.8 Å². The van der Waals surface area contributed by atoms with Gasteiger partial charge in [0.15, 0.2) is 11.5 Å². The minimum absolute atomic E-state index is 0.130. The number of imide groups is 1. The fraction of sp³-hybridized carbons (Fsp3) is 0.304. The SMILES string of the molecule is CCCOc1c(Br)cc(/C=C2\SC(=O)N(CCOc3ccccc3Cl)C2=O)cc1OCC. The molecule has 0 saturated carbocycles. The van der Waals surface area contributed by atoms with Crippen LogP contribution in [0.25, 0.3) is 6.08 Å². The van der Waals surface area contributed by atoms with Crippen LogP contribution < -0.4 is 14.2 Å². The minimum Gasteiger partial charge on any atom is -0.490 e. The maximum absolute atomic E-state index is 12.8. The molecule has 0 atom stereocenters. The summed E-state index contributed by atoms with van der Waals surface area (Å²) in [6.07, 6.45) is 2.55. The molecule has 3 rings (SSSR count). The Balaban J connectivity index is 1.72. The van der Waals surface area contributed by atoms with Gasteiger partial charge in [0.05, 0.1) is 34.2 Å². The average molecular weight is 541 g/mol. The zero-order valence-electron chi connectivity index (χ0n) is 17.7. The molecule has 1 fully saturated rings. The number of amides is 2. The van der Waals surface area contributed by atoms with Gasteiger partial charge in [-0.05, 0) is 76.9 Å². The fourth-order valence-corrected chi connectivity index (χ4v) is 4.56. The lowest BCUT2D eigenvalue weighted by molar-refractivity contribution is -0.123. The Kier molecular flexibility index (Phi) is 8.90. The first-order valence-corrected chi connectivity index (χ1v) is 12.1. The summed E-state index contributed by atoms with van der Waals surface area (Å²) in [7, 11) is 0. The lowest BCUT2D eigenvalue weighted by Crippen LogP contribution is -2.32. The van der Waals surface area contributed by atoms with E-state index in [1.165, 1.54) is 4.90 Å². The van der Waals surface area contributed by atoms with E-state index in [1.54, 1.807) is 36.4 Å². The molecule has 9 heteroatoms. The van der Waals surface area contributed by atoms with Crippen LogP contribution in [0, 0.1) is 0 Å². The first-order valence-electron chi connectivity index (χ1n) is 10.2. The Hall–Kier alpha value is -2.16. The molecule has 1 aliphatic rings. The molecule has 0 bridgehead atoms. The van der Waals surface area contributed by atoms with E-state index in [0.29, 0.717) is 40.4 Å². The summed E-state index contributed by atoms with van der Waals surface area (Å²) in [4.78, 5) is 26.7. The van der Waals surface area contributed by atoms with Gasteiger partial charge in [-0.1, -0.05) is 30.7 Å². The molecule has 0 aromatic heterocycles. The molecule has 0 N–H and O–H groups in total. The molecule has 2 amide bonds. The number of thioether (sulfide) groups is 1. The van der Waals surface area contributed by atoms with Crippen LogP contribution in [0.5, 0.6) is 17.2 Å². The minimum atomic E-state index is -0.358. The number of nitrogens with zero attached hydrogens (tertiary/aromatic N) is 1. The van der Waals surface area contributed by atoms with Crippen molar-refractivity contribution < 1.29 is 23.8 Å². The summed E-state index contributed by atoms with van der Waals surface area (Å²) in [6, 6.07) is 10.7. The highest BCUT2D eigenvalue weighted by molar-refractivity contribution is 9.10. The standard InChI is InChI=1S/C23H23BrClNO5S/c1-3-10-31-21-16(24)12-15(13-19(21)29-4-2)14-20-22(27)26(23(28)32-20)9-11-30-18-8-6-5-7-17(18)25/h5-8,12-14H,3-4,9-11H2,1-2H3/b20-14-. The van der Waals surface area contributed by atoms with E-state index in [9.17, 15) is 9.59 Å². The third-order valence-corrected chi connectivity index (χ3v) is 6.17. The Morgan fingerprint density at radius 2 is 1.84 bits per heavy atom. The van der Waals surface area contributed by atoms with Crippen molar-refractivity contribution in [3.8, 4) is 17.2 Å². The molecule has 170 valence electrons. The van der Waals surface area contributed by atoms with Crippen molar-refractivity contribution in [3.05, 3.63) is 56.4 Å². The summed E-state index contributed by atoms with van der Waals surface area (Å²) in [5.41, 5.74) is 0.724. The van der Waals surface area contributed by atoms with E-state index in [4.69, 9.17) is 25.8 Å². The van der Waals surface area contributed by atoms with Crippen LogP contribution in [0.2, 0.25) is 5.02 Å². The quantitative estimate of drug-likeness (QED) is 0.325. The van der Waals surface area contributed by atoms with Crippen molar-refractivity contribution in [3.63, 3.8) is 0 Å². The number of hydrogen-bond acceptors (Lipinski definition) is 6. The molecule has 0 radical (unpaired) electrons. The van der Waals surface area contributed by atoms with Crippen LogP contribution >= 0.6 is 39.3 Å². The third-order valence-electron chi connectivity index (χ3n) is 4.36. The zero-order valence-corrected chi connectivity index (χ0v) is 20.9. The molecular formula is C23H23BrClNO5S. The molecule has 6 nitrogen and oxygen atoms in total. The first kappa shape index (κ1) is 24.5. The Morgan fingerprint density at radius 3 is 2.56 bits per heavy atom. The monoisotopic (exact) mass is 539 g/mol. The number of rotatable bonds is 10. The van der Waals surface area contributed by atoms with Crippen molar-refractivity contribution in [1.29, 1.82) is 0 Å². The van der Waals surface area contributed by atoms with Crippen LogP contribution in [0.3, 0.4) is 0 Å². The first-order chi connectivity index (χ1) is 15.4. The molecule has 0 unspecified atom stereocenters. The number of benzene rings is 2. The highest BCUT2D eigenvalue weighted by Crippen LogP contribution is 2.39. The van der Waals surface area contributed by atoms with E-state index in [2.05, 4.69) is 15.9 Å². The predicted molar refractivity (Wildman–Crippen MR) is 131 cm³/mol. The second-order valence-corrected chi connectivity index (χ2v) is 8.98. The Morgan fingerprint density at radius 1 is 1.06 bits per heavy atom. The van der Waals surface area contributed by atoms with Gasteiger partial charge in [0.25, 0.3) is 11.1 Å². The summed E-state index contributed by atoms with van der Waals surface area (Å²) in [5, 5.41) is 0.139. The van der Waals surface area contributed by atoms with Crippen molar-refractivity contribution in [1.82, 2.24) is 4.90 Å². The highest BCUT2D eigenvalue weighted by Gasteiger charge is 2.35. The van der Waals surface area contributed by atoms with E-state index in [-0.39, 0.29) is 24.3 Å². The van der Waals surface area contributed by atoms with Gasteiger partial charge in [0, 0.05) is 0 Å². The molecule has 1 heterocycles. The van der Waals surface area contributed by atoms with Gasteiger partial charge >= 0.3 is 0 Å². The molecular weight excluding hydrogens is 518 g/mol. The largest absolute Gasteiger partial charge is 0.490 e. The molecule has 0 spiro atoms. The maximum atomic E-state index is 12.8. The Bertz CT molecular complexity index is 1030. The summed E-state index contributed by atoms with van der Waals surface area (Å²) < 4.78 is 17.8. The normalized spacial score (nSPS) is 14.9. The predicted octanol–water partition coefficient (Wildman–Crippen LogP) is 6.41. The number of carbonyl (C=O) groups excluding carboxylic acids is 2. The van der Waals surface area contributed by atoms with Crippen LogP contribution in [-0.2, 0) is 4.79 Å². The molecule has 1 aliphatic heterocycles. The third kappa shape index (κ3) is 5.99. The maximum Gasteiger partial charge on any atom is 0.293 e. The van der Waals surface area contributed by atoms with Crippen molar-refractivity contribution >= 4 is 56.5 Å². The number of ether oxygens (including phenoxy) is 3. The number of halogens is 2. The topological polar surface area (TPSA) is 65.1 Å². The van der Waals surface area contributed by atoms with Crippen molar-refractivity contribution in [2.75, 3.05) is 26.4 Å². The summed E-state index contributed by atoms with van der Waals surface area (Å²) in [6.45, 7) is 5.23. The molecule has 2 aromatic rings. The van der Waals surface area contributed by atoms with Gasteiger partial charge in [0.2, 0.25) is 0 Å². The van der Waals surface area contributed by atoms with Gasteiger partial charge in [-0.3, -0.25) is 14.5 Å². The lowest BCUT2D eigenvalue weighted by atomic mass is 10.2. The van der Waals surface area contributed by atoms with Crippen LogP contribution in [-0.4, -0.2) is 42.4 Å². The van der Waals surface area contributed by atoms with Crippen molar-refractivity contribution in [2.24, 2.45) is 0 Å². The van der Waals surface area contributed by atoms with E-state index < -0.39 is 0 Å². The van der Waals surface area contributed by atoms with E-state index in [0.717, 1.165) is 28.2 Å².